The minimum atomic E-state index is -0.00437. The van der Waals surface area contributed by atoms with Crippen molar-refractivity contribution in [2.45, 2.75) is 6.04 Å². The fourth-order valence-electron chi connectivity index (χ4n) is 1.63. The Morgan fingerprint density at radius 2 is 2.00 bits per heavy atom. The number of thiophene rings is 1. The molecule has 1 aromatic carbocycles. The number of hydrazine groups is 1. The number of methoxy groups -OCH3 is 1. The lowest BCUT2D eigenvalue weighted by Gasteiger charge is -2.15. The van der Waals surface area contributed by atoms with Crippen LogP contribution in [0, 0.1) is 0 Å². The summed E-state index contributed by atoms with van der Waals surface area (Å²) in [7, 11) is 1.66. The highest BCUT2D eigenvalue weighted by molar-refractivity contribution is 9.10. The van der Waals surface area contributed by atoms with Gasteiger partial charge in [-0.1, -0.05) is 12.1 Å². The van der Waals surface area contributed by atoms with Gasteiger partial charge >= 0.3 is 0 Å². The maximum absolute atomic E-state index is 5.64. The van der Waals surface area contributed by atoms with E-state index in [0.717, 1.165) is 20.7 Å². The SMILES string of the molecule is COc1ccc(C(NN)c2sccc2Br)cc1. The van der Waals surface area contributed by atoms with Crippen molar-refractivity contribution in [2.75, 3.05) is 7.11 Å². The Kier molecular flexibility index (Phi) is 4.17. The van der Waals surface area contributed by atoms with E-state index in [1.807, 2.05) is 35.7 Å². The Balaban J connectivity index is 2.32. The van der Waals surface area contributed by atoms with Crippen molar-refractivity contribution in [3.05, 3.63) is 50.6 Å². The molecule has 1 atom stereocenters. The second kappa shape index (κ2) is 5.64. The van der Waals surface area contributed by atoms with Crippen LogP contribution in [0.25, 0.3) is 0 Å². The molecule has 0 saturated carbocycles. The summed E-state index contributed by atoms with van der Waals surface area (Å²) < 4.78 is 6.21. The summed E-state index contributed by atoms with van der Waals surface area (Å²) in [5, 5.41) is 2.04. The lowest BCUT2D eigenvalue weighted by Crippen LogP contribution is -2.28. The van der Waals surface area contributed by atoms with E-state index in [1.54, 1.807) is 18.4 Å². The van der Waals surface area contributed by atoms with Crippen molar-refractivity contribution >= 4 is 27.3 Å². The molecule has 2 aromatic rings. The third-order valence-electron chi connectivity index (χ3n) is 2.52. The van der Waals surface area contributed by atoms with Crippen molar-refractivity contribution in [1.29, 1.82) is 0 Å². The van der Waals surface area contributed by atoms with Crippen LogP contribution in [0.5, 0.6) is 5.75 Å². The van der Waals surface area contributed by atoms with Gasteiger partial charge in [0.15, 0.2) is 0 Å². The fraction of sp³-hybridized carbons (Fsp3) is 0.167. The molecule has 90 valence electrons. The Bertz CT molecular complexity index is 484. The van der Waals surface area contributed by atoms with Crippen molar-refractivity contribution < 1.29 is 4.74 Å². The van der Waals surface area contributed by atoms with Crippen LogP contribution < -0.4 is 16.0 Å². The van der Waals surface area contributed by atoms with Crippen LogP contribution in [-0.4, -0.2) is 7.11 Å². The maximum Gasteiger partial charge on any atom is 0.118 e. The van der Waals surface area contributed by atoms with E-state index in [-0.39, 0.29) is 6.04 Å². The first-order chi connectivity index (χ1) is 8.26. The first kappa shape index (κ1) is 12.6. The highest BCUT2D eigenvalue weighted by Crippen LogP contribution is 2.33. The van der Waals surface area contributed by atoms with Gasteiger partial charge in [0.05, 0.1) is 13.2 Å². The van der Waals surface area contributed by atoms with E-state index in [4.69, 9.17) is 10.6 Å². The van der Waals surface area contributed by atoms with Gasteiger partial charge < -0.3 is 4.74 Å². The zero-order valence-electron chi connectivity index (χ0n) is 9.31. The number of hydrogen-bond acceptors (Lipinski definition) is 4. The van der Waals surface area contributed by atoms with Gasteiger partial charge in [-0.25, -0.2) is 5.43 Å². The standard InChI is InChI=1S/C12H13BrN2OS/c1-16-9-4-2-8(3-5-9)11(15-14)12-10(13)6-7-17-12/h2-7,11,15H,14H2,1H3. The molecule has 0 amide bonds. The van der Waals surface area contributed by atoms with Crippen molar-refractivity contribution in [2.24, 2.45) is 5.84 Å². The topological polar surface area (TPSA) is 47.3 Å². The molecule has 3 nitrogen and oxygen atoms in total. The summed E-state index contributed by atoms with van der Waals surface area (Å²) in [5.41, 5.74) is 3.95. The third kappa shape index (κ3) is 2.69. The molecule has 1 unspecified atom stereocenters. The highest BCUT2D eigenvalue weighted by atomic mass is 79.9. The second-order valence-corrected chi connectivity index (χ2v) is 5.31. The molecule has 1 heterocycles. The van der Waals surface area contributed by atoms with Crippen LogP contribution in [0.3, 0.4) is 0 Å². The third-order valence-corrected chi connectivity index (χ3v) is 4.46. The second-order valence-electron chi connectivity index (χ2n) is 3.51. The van der Waals surface area contributed by atoms with Crippen LogP contribution in [-0.2, 0) is 0 Å². The monoisotopic (exact) mass is 312 g/mol. The Hall–Kier alpha value is -0.880. The van der Waals surface area contributed by atoms with Gasteiger partial charge in [-0.3, -0.25) is 5.84 Å². The largest absolute Gasteiger partial charge is 0.497 e. The molecule has 0 fully saturated rings. The number of rotatable bonds is 4. The zero-order valence-corrected chi connectivity index (χ0v) is 11.7. The quantitative estimate of drug-likeness (QED) is 0.674. The van der Waals surface area contributed by atoms with Crippen LogP contribution in [0.4, 0.5) is 0 Å². The van der Waals surface area contributed by atoms with E-state index in [9.17, 15) is 0 Å². The number of nitrogens with two attached hydrogens (primary N) is 1. The van der Waals surface area contributed by atoms with Crippen molar-refractivity contribution in [3.63, 3.8) is 0 Å². The van der Waals surface area contributed by atoms with E-state index in [1.165, 1.54) is 0 Å². The van der Waals surface area contributed by atoms with E-state index in [2.05, 4.69) is 21.4 Å². The van der Waals surface area contributed by atoms with E-state index < -0.39 is 0 Å². The molecule has 3 N–H and O–H groups in total. The summed E-state index contributed by atoms with van der Waals surface area (Å²) in [6, 6.07) is 9.90. The zero-order chi connectivity index (χ0) is 12.3. The van der Waals surface area contributed by atoms with Gasteiger partial charge in [-0.2, -0.15) is 0 Å². The summed E-state index contributed by atoms with van der Waals surface area (Å²) >= 11 is 5.19. The van der Waals surface area contributed by atoms with Gasteiger partial charge in [0.25, 0.3) is 0 Å². The summed E-state index contributed by atoms with van der Waals surface area (Å²) in [4.78, 5) is 1.16. The molecule has 0 saturated heterocycles. The summed E-state index contributed by atoms with van der Waals surface area (Å²) in [6.07, 6.45) is 0. The van der Waals surface area contributed by atoms with Gasteiger partial charge in [0, 0.05) is 9.35 Å². The minimum Gasteiger partial charge on any atom is -0.497 e. The normalized spacial score (nSPS) is 12.4. The molecule has 0 radical (unpaired) electrons. The smallest absolute Gasteiger partial charge is 0.118 e. The fourth-order valence-corrected chi connectivity index (χ4v) is 3.32. The predicted molar refractivity (Wildman–Crippen MR) is 74.2 cm³/mol. The minimum absolute atomic E-state index is 0.00437. The number of nitrogens with one attached hydrogen (secondary N) is 1. The lowest BCUT2D eigenvalue weighted by molar-refractivity contribution is 0.414. The Morgan fingerprint density at radius 3 is 2.47 bits per heavy atom. The highest BCUT2D eigenvalue weighted by Gasteiger charge is 2.16. The average Bonchev–Trinajstić information content (AvgIpc) is 2.78. The molecule has 5 heteroatoms. The predicted octanol–water partition coefficient (Wildman–Crippen LogP) is 3.07. The molecule has 0 aliphatic heterocycles. The number of halogens is 1. The molecular formula is C12H13BrN2OS. The van der Waals surface area contributed by atoms with E-state index >= 15 is 0 Å². The molecule has 0 aliphatic rings. The Morgan fingerprint density at radius 1 is 1.29 bits per heavy atom. The van der Waals surface area contributed by atoms with Crippen LogP contribution in [0.2, 0.25) is 0 Å². The van der Waals surface area contributed by atoms with Crippen LogP contribution in [0.15, 0.2) is 40.2 Å². The summed E-state index contributed by atoms with van der Waals surface area (Å²) in [5.74, 6) is 6.48. The van der Waals surface area contributed by atoms with E-state index in [0.29, 0.717) is 0 Å². The average molecular weight is 313 g/mol. The Labute approximate surface area is 113 Å². The number of benzene rings is 1. The van der Waals surface area contributed by atoms with Gasteiger partial charge in [0.1, 0.15) is 5.75 Å². The molecule has 0 aliphatic carbocycles. The molecule has 0 spiro atoms. The molecule has 1 aromatic heterocycles. The number of hydrogen-bond donors (Lipinski definition) is 2. The van der Waals surface area contributed by atoms with Crippen LogP contribution in [0.1, 0.15) is 16.5 Å². The first-order valence-corrected chi connectivity index (χ1v) is 6.76. The van der Waals surface area contributed by atoms with Crippen molar-refractivity contribution in [1.82, 2.24) is 5.43 Å². The molecule has 17 heavy (non-hydrogen) atoms. The lowest BCUT2D eigenvalue weighted by atomic mass is 10.1. The van der Waals surface area contributed by atoms with Gasteiger partial charge in [-0.05, 0) is 45.1 Å². The molecule has 2 rings (SSSR count). The number of ether oxygens (including phenoxy) is 1. The maximum atomic E-state index is 5.64. The van der Waals surface area contributed by atoms with Crippen molar-refractivity contribution in [3.8, 4) is 5.75 Å². The summed E-state index contributed by atoms with van der Waals surface area (Å²) in [6.45, 7) is 0. The molecular weight excluding hydrogens is 300 g/mol. The first-order valence-electron chi connectivity index (χ1n) is 5.09. The van der Waals surface area contributed by atoms with Gasteiger partial charge in [-0.15, -0.1) is 11.3 Å². The molecule has 0 bridgehead atoms. The van der Waals surface area contributed by atoms with Gasteiger partial charge in [0.2, 0.25) is 0 Å². The van der Waals surface area contributed by atoms with Crippen LogP contribution >= 0.6 is 27.3 Å².